The van der Waals surface area contributed by atoms with Gasteiger partial charge >= 0.3 is 0 Å². The van der Waals surface area contributed by atoms with E-state index in [1.807, 2.05) is 30.3 Å². The first-order chi connectivity index (χ1) is 15.5. The number of hydrogen-bond donors (Lipinski definition) is 1. The van der Waals surface area contributed by atoms with Crippen LogP contribution < -0.4 is 15.0 Å². The number of hydrogen-bond acceptors (Lipinski definition) is 5. The van der Waals surface area contributed by atoms with Gasteiger partial charge in [0, 0.05) is 49.2 Å². The Balaban J connectivity index is 1.46. The van der Waals surface area contributed by atoms with Gasteiger partial charge in [-0.2, -0.15) is 4.31 Å². The molecule has 3 aromatic rings. The number of para-hydroxylation sites is 1. The molecule has 7 nitrogen and oxygen atoms in total. The Morgan fingerprint density at radius 2 is 1.59 bits per heavy atom. The summed E-state index contributed by atoms with van der Waals surface area (Å²) >= 11 is 0. The molecule has 3 aromatic carbocycles. The fourth-order valence-electron chi connectivity index (χ4n) is 3.68. The molecule has 0 radical (unpaired) electrons. The minimum Gasteiger partial charge on any atom is -0.497 e. The average Bonchev–Trinajstić information content (AvgIpc) is 2.85. The van der Waals surface area contributed by atoms with Gasteiger partial charge in [0.25, 0.3) is 5.91 Å². The van der Waals surface area contributed by atoms with Crippen molar-refractivity contribution in [3.05, 3.63) is 84.4 Å². The van der Waals surface area contributed by atoms with E-state index in [1.165, 1.54) is 16.4 Å². The van der Waals surface area contributed by atoms with Crippen LogP contribution in [0.3, 0.4) is 0 Å². The summed E-state index contributed by atoms with van der Waals surface area (Å²) in [5.74, 6) is 0.234. The molecular weight excluding hydrogens is 426 g/mol. The number of carbonyl (C=O) groups is 1. The molecule has 166 valence electrons. The van der Waals surface area contributed by atoms with Crippen LogP contribution in [0.2, 0.25) is 0 Å². The summed E-state index contributed by atoms with van der Waals surface area (Å²) in [7, 11) is -2.15. The lowest BCUT2D eigenvalue weighted by atomic mass is 10.2. The van der Waals surface area contributed by atoms with Crippen molar-refractivity contribution in [1.29, 1.82) is 0 Å². The molecular formula is C24H25N3O4S. The normalized spacial score (nSPS) is 14.7. The zero-order chi connectivity index (χ0) is 22.6. The summed E-state index contributed by atoms with van der Waals surface area (Å²) in [6.07, 6.45) is 0. The number of benzene rings is 3. The van der Waals surface area contributed by atoms with Crippen LogP contribution in [-0.2, 0) is 10.0 Å². The molecule has 1 amide bonds. The van der Waals surface area contributed by atoms with E-state index < -0.39 is 10.0 Å². The predicted molar refractivity (Wildman–Crippen MR) is 125 cm³/mol. The first-order valence-electron chi connectivity index (χ1n) is 10.3. The van der Waals surface area contributed by atoms with Gasteiger partial charge in [-0.3, -0.25) is 4.79 Å². The first-order valence-corrected chi connectivity index (χ1v) is 11.8. The smallest absolute Gasteiger partial charge is 0.255 e. The molecule has 0 unspecified atom stereocenters. The second-order valence-corrected chi connectivity index (χ2v) is 9.38. The van der Waals surface area contributed by atoms with Gasteiger partial charge in [-0.1, -0.05) is 30.3 Å². The average molecular weight is 452 g/mol. The van der Waals surface area contributed by atoms with Crippen LogP contribution in [0.4, 0.5) is 11.4 Å². The Morgan fingerprint density at radius 1 is 0.875 bits per heavy atom. The molecule has 0 saturated carbocycles. The zero-order valence-electron chi connectivity index (χ0n) is 17.8. The minimum absolute atomic E-state index is 0.115. The van der Waals surface area contributed by atoms with Crippen LogP contribution in [0.15, 0.2) is 83.8 Å². The van der Waals surface area contributed by atoms with E-state index in [-0.39, 0.29) is 16.4 Å². The Hall–Kier alpha value is -3.36. The monoisotopic (exact) mass is 451 g/mol. The lowest BCUT2D eigenvalue weighted by Gasteiger charge is -2.35. The Kier molecular flexibility index (Phi) is 6.43. The molecule has 1 aliphatic rings. The van der Waals surface area contributed by atoms with Crippen molar-refractivity contribution in [2.75, 3.05) is 43.5 Å². The van der Waals surface area contributed by atoms with Crippen molar-refractivity contribution in [1.82, 2.24) is 4.31 Å². The standard InChI is InChI=1S/C24H25N3O4S/c1-31-22-11-6-8-20(18-22)25-24(28)19-7-5-12-23(17-19)32(29,30)27-15-13-26(14-16-27)21-9-3-2-4-10-21/h2-12,17-18H,13-16H2,1H3,(H,25,28). The first kappa shape index (κ1) is 21.9. The summed E-state index contributed by atoms with van der Waals surface area (Å²) in [6.45, 7) is 1.99. The van der Waals surface area contributed by atoms with Gasteiger partial charge in [-0.15, -0.1) is 0 Å². The molecule has 32 heavy (non-hydrogen) atoms. The number of nitrogens with zero attached hydrogens (tertiary/aromatic N) is 2. The van der Waals surface area contributed by atoms with E-state index in [2.05, 4.69) is 10.2 Å². The van der Waals surface area contributed by atoms with Crippen molar-refractivity contribution in [2.45, 2.75) is 4.90 Å². The fourth-order valence-corrected chi connectivity index (χ4v) is 5.15. The molecule has 1 fully saturated rings. The van der Waals surface area contributed by atoms with Crippen LogP contribution in [0.5, 0.6) is 5.75 Å². The van der Waals surface area contributed by atoms with Gasteiger partial charge in [0.15, 0.2) is 0 Å². The molecule has 1 aliphatic heterocycles. The van der Waals surface area contributed by atoms with Crippen molar-refractivity contribution in [3.8, 4) is 5.75 Å². The highest BCUT2D eigenvalue weighted by atomic mass is 32.2. The molecule has 1 N–H and O–H groups in total. The lowest BCUT2D eigenvalue weighted by Crippen LogP contribution is -2.48. The third-order valence-electron chi connectivity index (χ3n) is 5.42. The second-order valence-electron chi connectivity index (χ2n) is 7.44. The number of methoxy groups -OCH3 is 1. The van der Waals surface area contributed by atoms with E-state index in [9.17, 15) is 13.2 Å². The van der Waals surface area contributed by atoms with Crippen molar-refractivity contribution in [2.24, 2.45) is 0 Å². The topological polar surface area (TPSA) is 78.9 Å². The molecule has 1 heterocycles. The molecule has 0 atom stereocenters. The van der Waals surface area contributed by atoms with Crippen molar-refractivity contribution in [3.63, 3.8) is 0 Å². The quantitative estimate of drug-likeness (QED) is 0.621. The van der Waals surface area contributed by atoms with Gasteiger partial charge in [0.05, 0.1) is 12.0 Å². The summed E-state index contributed by atoms with van der Waals surface area (Å²) < 4.78 is 33.1. The maximum atomic E-state index is 13.2. The Bertz CT molecular complexity index is 1190. The van der Waals surface area contributed by atoms with E-state index in [0.29, 0.717) is 37.6 Å². The Morgan fingerprint density at radius 3 is 2.31 bits per heavy atom. The fraction of sp³-hybridized carbons (Fsp3) is 0.208. The SMILES string of the molecule is COc1cccc(NC(=O)c2cccc(S(=O)(=O)N3CCN(c4ccccc4)CC3)c2)c1. The number of anilines is 2. The number of rotatable bonds is 6. The van der Waals surface area contributed by atoms with Crippen LogP contribution in [0.1, 0.15) is 10.4 Å². The lowest BCUT2D eigenvalue weighted by molar-refractivity contribution is 0.102. The molecule has 0 bridgehead atoms. The molecule has 0 spiro atoms. The van der Waals surface area contributed by atoms with Gasteiger partial charge in [-0.25, -0.2) is 8.42 Å². The molecule has 8 heteroatoms. The molecule has 1 saturated heterocycles. The summed E-state index contributed by atoms with van der Waals surface area (Å²) in [6, 6.07) is 23.1. The van der Waals surface area contributed by atoms with E-state index in [4.69, 9.17) is 4.74 Å². The highest BCUT2D eigenvalue weighted by Gasteiger charge is 2.29. The van der Waals surface area contributed by atoms with E-state index in [0.717, 1.165) is 5.69 Å². The molecule has 0 aromatic heterocycles. The van der Waals surface area contributed by atoms with Crippen LogP contribution >= 0.6 is 0 Å². The third kappa shape index (κ3) is 4.76. The number of nitrogens with one attached hydrogen (secondary N) is 1. The number of sulfonamides is 1. The van der Waals surface area contributed by atoms with Crippen molar-refractivity contribution >= 4 is 27.3 Å². The number of ether oxygens (including phenoxy) is 1. The Labute approximate surface area is 188 Å². The summed E-state index contributed by atoms with van der Waals surface area (Å²) in [5, 5.41) is 2.78. The maximum Gasteiger partial charge on any atom is 0.255 e. The van der Waals surface area contributed by atoms with Gasteiger partial charge < -0.3 is 15.0 Å². The summed E-state index contributed by atoms with van der Waals surface area (Å²) in [5.41, 5.74) is 1.93. The van der Waals surface area contributed by atoms with Crippen LogP contribution in [-0.4, -0.2) is 51.9 Å². The number of amides is 1. The maximum absolute atomic E-state index is 13.2. The van der Waals surface area contributed by atoms with Crippen molar-refractivity contribution < 1.29 is 17.9 Å². The van der Waals surface area contributed by atoms with E-state index >= 15 is 0 Å². The third-order valence-corrected chi connectivity index (χ3v) is 7.32. The van der Waals surface area contributed by atoms with Crippen LogP contribution in [0.25, 0.3) is 0 Å². The largest absolute Gasteiger partial charge is 0.497 e. The van der Waals surface area contributed by atoms with Gasteiger partial charge in [0.1, 0.15) is 5.75 Å². The second kappa shape index (κ2) is 9.42. The van der Waals surface area contributed by atoms with E-state index in [1.54, 1.807) is 43.5 Å². The predicted octanol–water partition coefficient (Wildman–Crippen LogP) is 3.46. The highest BCUT2D eigenvalue weighted by molar-refractivity contribution is 7.89. The minimum atomic E-state index is -3.70. The number of piperazine rings is 1. The zero-order valence-corrected chi connectivity index (χ0v) is 18.6. The number of carbonyl (C=O) groups excluding carboxylic acids is 1. The molecule has 0 aliphatic carbocycles. The van der Waals surface area contributed by atoms with Gasteiger partial charge in [0.2, 0.25) is 10.0 Å². The highest BCUT2D eigenvalue weighted by Crippen LogP contribution is 2.23. The van der Waals surface area contributed by atoms with Crippen LogP contribution in [0, 0.1) is 0 Å². The van der Waals surface area contributed by atoms with Gasteiger partial charge in [-0.05, 0) is 42.5 Å². The molecule has 4 rings (SSSR count). The summed E-state index contributed by atoms with van der Waals surface area (Å²) in [4.78, 5) is 15.0.